The van der Waals surface area contributed by atoms with Gasteiger partial charge in [-0.3, -0.25) is 0 Å². The number of nitrogens with one attached hydrogen (secondary N) is 2. The van der Waals surface area contributed by atoms with Crippen molar-refractivity contribution in [2.45, 2.75) is 0 Å². The number of carbonyl (C=O) groups is 2. The Bertz CT molecular complexity index is 1370. The van der Waals surface area contributed by atoms with E-state index < -0.39 is 11.8 Å². The zero-order chi connectivity index (χ0) is 22.1. The van der Waals surface area contributed by atoms with E-state index in [0.717, 1.165) is 25.8 Å². The molecule has 0 saturated carbocycles. The van der Waals surface area contributed by atoms with Crippen molar-refractivity contribution in [2.24, 2.45) is 0 Å². The van der Waals surface area contributed by atoms with Crippen molar-refractivity contribution in [3.8, 4) is 0 Å². The van der Waals surface area contributed by atoms with Crippen molar-refractivity contribution in [3.05, 3.63) is 94.9 Å². The SMILES string of the molecule is O=C1NC(=S)NC(=O)C1=Cc1ccc(N(c2ccccc2)c2cccc3ccccc23)[se]1. The van der Waals surface area contributed by atoms with Gasteiger partial charge < -0.3 is 0 Å². The molecule has 5 nitrogen and oxygen atoms in total. The van der Waals surface area contributed by atoms with Gasteiger partial charge in [-0.25, -0.2) is 0 Å². The molecule has 3 aromatic carbocycles. The monoisotopic (exact) mass is 503 g/mol. The quantitative estimate of drug-likeness (QED) is 0.189. The molecule has 32 heavy (non-hydrogen) atoms. The topological polar surface area (TPSA) is 61.4 Å². The zero-order valence-electron chi connectivity index (χ0n) is 16.7. The van der Waals surface area contributed by atoms with Crippen LogP contribution in [0.4, 0.5) is 15.9 Å². The van der Waals surface area contributed by atoms with Gasteiger partial charge in [0.05, 0.1) is 0 Å². The fraction of sp³-hybridized carbons (Fsp3) is 0. The Morgan fingerprint density at radius 3 is 2.25 bits per heavy atom. The molecule has 2 amide bonds. The van der Waals surface area contributed by atoms with Gasteiger partial charge >= 0.3 is 196 Å². The number of rotatable bonds is 4. The Morgan fingerprint density at radius 1 is 0.781 bits per heavy atom. The number of anilines is 3. The predicted molar refractivity (Wildman–Crippen MR) is 132 cm³/mol. The summed E-state index contributed by atoms with van der Waals surface area (Å²) < 4.78 is 2.04. The molecule has 2 N–H and O–H groups in total. The molecule has 0 bridgehead atoms. The van der Waals surface area contributed by atoms with Crippen LogP contribution in [0.15, 0.2) is 90.5 Å². The van der Waals surface area contributed by atoms with Crippen LogP contribution in [0.1, 0.15) is 4.44 Å². The Kier molecular flexibility index (Phi) is 5.45. The number of para-hydroxylation sites is 1. The zero-order valence-corrected chi connectivity index (χ0v) is 19.3. The molecule has 4 aromatic rings. The van der Waals surface area contributed by atoms with Crippen LogP contribution >= 0.6 is 12.2 Å². The molecular weight excluding hydrogens is 485 g/mol. The van der Waals surface area contributed by atoms with Gasteiger partial charge in [-0.2, -0.15) is 0 Å². The number of benzene rings is 3. The van der Waals surface area contributed by atoms with Crippen LogP contribution in [0.2, 0.25) is 0 Å². The molecule has 156 valence electrons. The molecule has 0 aliphatic carbocycles. The number of carbonyl (C=O) groups excluding carboxylic acids is 2. The number of thiocarbonyl (C=S) groups is 1. The number of amides is 2. The predicted octanol–water partition coefficient (Wildman–Crippen LogP) is 4.28. The molecular formula is C25H17N3O2SSe. The Labute approximate surface area is 196 Å². The third-order valence-electron chi connectivity index (χ3n) is 5.08. The number of nitrogens with zero attached hydrogens (tertiary/aromatic N) is 1. The molecule has 5 rings (SSSR count). The summed E-state index contributed by atoms with van der Waals surface area (Å²) in [5.74, 6) is -0.948. The minimum absolute atomic E-state index is 0.0353. The van der Waals surface area contributed by atoms with Gasteiger partial charge in [0.2, 0.25) is 0 Å². The number of hydrogen-bond donors (Lipinski definition) is 2. The Hall–Kier alpha value is -3.51. The van der Waals surface area contributed by atoms with Crippen LogP contribution in [0, 0.1) is 0 Å². The first-order valence-electron chi connectivity index (χ1n) is 9.91. The van der Waals surface area contributed by atoms with E-state index >= 15 is 0 Å². The summed E-state index contributed by atoms with van der Waals surface area (Å²) in [6.45, 7) is 0. The van der Waals surface area contributed by atoms with Crippen LogP contribution in [0.5, 0.6) is 0 Å². The van der Waals surface area contributed by atoms with E-state index in [-0.39, 0.29) is 25.2 Å². The molecule has 0 unspecified atom stereocenters. The summed E-state index contributed by atoms with van der Waals surface area (Å²) in [7, 11) is 0. The van der Waals surface area contributed by atoms with Crippen molar-refractivity contribution in [2.75, 3.05) is 4.90 Å². The van der Waals surface area contributed by atoms with Crippen molar-refractivity contribution < 1.29 is 9.59 Å². The van der Waals surface area contributed by atoms with E-state index in [4.69, 9.17) is 12.2 Å². The summed E-state index contributed by atoms with van der Waals surface area (Å²) in [6.07, 6.45) is 1.65. The maximum absolute atomic E-state index is 12.2. The van der Waals surface area contributed by atoms with Gasteiger partial charge in [0, 0.05) is 0 Å². The van der Waals surface area contributed by atoms with E-state index in [1.165, 1.54) is 5.39 Å². The summed E-state index contributed by atoms with van der Waals surface area (Å²) in [6, 6.07) is 28.8. The van der Waals surface area contributed by atoms with Gasteiger partial charge in [0.15, 0.2) is 0 Å². The Morgan fingerprint density at radius 2 is 1.47 bits per heavy atom. The second kappa shape index (κ2) is 8.55. The molecule has 7 heteroatoms. The average molecular weight is 502 g/mol. The summed E-state index contributed by atoms with van der Waals surface area (Å²) >= 11 is 4.76. The normalized spacial score (nSPS) is 13.6. The first-order chi connectivity index (χ1) is 15.6. The first-order valence-corrected chi connectivity index (χ1v) is 12.0. The van der Waals surface area contributed by atoms with Gasteiger partial charge in [-0.15, -0.1) is 0 Å². The van der Waals surface area contributed by atoms with Gasteiger partial charge in [-0.05, 0) is 0 Å². The third-order valence-corrected chi connectivity index (χ3v) is 7.42. The van der Waals surface area contributed by atoms with E-state index in [9.17, 15) is 9.59 Å². The van der Waals surface area contributed by atoms with Crippen LogP contribution in [-0.4, -0.2) is 31.4 Å². The van der Waals surface area contributed by atoms with Crippen molar-refractivity contribution in [1.82, 2.24) is 10.6 Å². The molecule has 1 saturated heterocycles. The van der Waals surface area contributed by atoms with Crippen molar-refractivity contribution in [1.29, 1.82) is 0 Å². The standard InChI is InChI=1S/C25H17N3O2SSe/c29-23-20(24(30)27-25(31)26-23)15-18-13-14-22(32-18)28(17-9-2-1-3-10-17)21-12-6-8-16-7-4-5-11-19(16)21/h1-15H,(H2,26,27,29,30,31). The second-order valence-electron chi connectivity index (χ2n) is 7.14. The second-order valence-corrected chi connectivity index (χ2v) is 9.84. The molecule has 1 aliphatic rings. The summed E-state index contributed by atoms with van der Waals surface area (Å²) in [5, 5.41) is 7.32. The number of fused-ring (bicyclic) bond motifs is 1. The molecule has 0 atom stereocenters. The first kappa shape index (κ1) is 20.4. The Balaban J connectivity index is 1.61. The van der Waals surface area contributed by atoms with E-state index in [1.807, 2.05) is 36.4 Å². The van der Waals surface area contributed by atoms with Gasteiger partial charge in [0.25, 0.3) is 0 Å². The molecule has 1 aliphatic heterocycles. The van der Waals surface area contributed by atoms with Crippen molar-refractivity contribution >= 4 is 76.4 Å². The molecule has 1 fully saturated rings. The molecule has 1 aromatic heterocycles. The number of hydrogen-bond acceptors (Lipinski definition) is 4. The van der Waals surface area contributed by atoms with E-state index in [0.29, 0.717) is 0 Å². The van der Waals surface area contributed by atoms with Gasteiger partial charge in [0.1, 0.15) is 0 Å². The fourth-order valence-electron chi connectivity index (χ4n) is 3.65. The fourth-order valence-corrected chi connectivity index (χ4v) is 5.91. The maximum atomic E-state index is 12.2. The van der Waals surface area contributed by atoms with Gasteiger partial charge in [-0.1, -0.05) is 0 Å². The summed E-state index contributed by atoms with van der Waals surface area (Å²) in [5.41, 5.74) is 2.21. The molecule has 0 spiro atoms. The molecule has 0 radical (unpaired) electrons. The van der Waals surface area contributed by atoms with Crippen LogP contribution in [0.3, 0.4) is 0 Å². The van der Waals surface area contributed by atoms with Crippen LogP contribution in [-0.2, 0) is 9.59 Å². The van der Waals surface area contributed by atoms with E-state index in [2.05, 4.69) is 64.1 Å². The minimum atomic E-state index is -0.474. The third kappa shape index (κ3) is 3.89. The van der Waals surface area contributed by atoms with Crippen molar-refractivity contribution in [3.63, 3.8) is 0 Å². The van der Waals surface area contributed by atoms with Crippen LogP contribution < -0.4 is 15.5 Å². The van der Waals surface area contributed by atoms with E-state index in [1.54, 1.807) is 6.08 Å². The average Bonchev–Trinajstić information content (AvgIpc) is 3.25. The van der Waals surface area contributed by atoms with Crippen LogP contribution in [0.25, 0.3) is 16.8 Å². The molecule has 2 heterocycles. The summed E-state index contributed by atoms with van der Waals surface area (Å²) in [4.78, 5) is 26.7.